The molecule has 4 heteroatoms. The highest BCUT2D eigenvalue weighted by Crippen LogP contribution is 2.30. The fourth-order valence-corrected chi connectivity index (χ4v) is 2.30. The number of rotatable bonds is 2. The van der Waals surface area contributed by atoms with Crippen LogP contribution in [0.4, 0.5) is 8.78 Å². The third-order valence-electron chi connectivity index (χ3n) is 1.74. The number of hydrogen-bond donors (Lipinski definition) is 0. The summed E-state index contributed by atoms with van der Waals surface area (Å²) in [4.78, 5) is 0. The summed E-state index contributed by atoms with van der Waals surface area (Å²) in [7, 11) is 0. The Labute approximate surface area is 88.1 Å². The van der Waals surface area contributed by atoms with Crippen molar-refractivity contribution in [3.05, 3.63) is 44.8 Å². The molecule has 0 aliphatic carbocycles. The summed E-state index contributed by atoms with van der Waals surface area (Å²) in [6, 6.07) is 3.12. The second-order valence-corrected chi connectivity index (χ2v) is 4.21. The van der Waals surface area contributed by atoms with Gasteiger partial charge in [0.15, 0.2) is 11.7 Å². The lowest BCUT2D eigenvalue weighted by molar-refractivity contribution is 0.701. The van der Waals surface area contributed by atoms with Crippen molar-refractivity contribution in [3.8, 4) is 0 Å². The van der Waals surface area contributed by atoms with Gasteiger partial charge in [0, 0.05) is 21.9 Å². The van der Waals surface area contributed by atoms with Crippen LogP contribution in [-0.4, -0.2) is 0 Å². The van der Waals surface area contributed by atoms with Gasteiger partial charge in [-0.3, -0.25) is 0 Å². The lowest BCUT2D eigenvalue weighted by Gasteiger charge is -1.95. The summed E-state index contributed by atoms with van der Waals surface area (Å²) in [6.07, 6.45) is 0. The smallest absolute Gasteiger partial charge is 0.167 e. The average molecular weight is 228 g/mol. The van der Waals surface area contributed by atoms with E-state index in [1.165, 1.54) is 22.7 Å². The quantitative estimate of drug-likeness (QED) is 0.706. The molecule has 2 heterocycles. The van der Waals surface area contributed by atoms with E-state index in [9.17, 15) is 8.78 Å². The third-order valence-corrected chi connectivity index (χ3v) is 3.11. The summed E-state index contributed by atoms with van der Waals surface area (Å²) in [5.41, 5.74) is 0.609. The van der Waals surface area contributed by atoms with Crippen LogP contribution in [0.25, 0.3) is 11.7 Å². The maximum Gasteiger partial charge on any atom is 0.167 e. The van der Waals surface area contributed by atoms with Gasteiger partial charge in [-0.25, -0.2) is 8.78 Å². The molecule has 0 radical (unpaired) electrons. The molecule has 0 aromatic carbocycles. The first-order chi connectivity index (χ1) is 6.79. The van der Waals surface area contributed by atoms with Gasteiger partial charge in [-0.05, 0) is 22.9 Å². The fourth-order valence-electron chi connectivity index (χ4n) is 1.03. The molecule has 0 bridgehead atoms. The Hall–Kier alpha value is -1.00. The Morgan fingerprint density at radius 1 is 0.857 bits per heavy atom. The van der Waals surface area contributed by atoms with Gasteiger partial charge >= 0.3 is 0 Å². The van der Waals surface area contributed by atoms with Crippen LogP contribution in [0.3, 0.4) is 0 Å². The first kappa shape index (κ1) is 9.55. The monoisotopic (exact) mass is 228 g/mol. The number of hydrogen-bond acceptors (Lipinski definition) is 2. The minimum Gasteiger partial charge on any atom is -0.203 e. The first-order valence-corrected chi connectivity index (χ1v) is 5.78. The van der Waals surface area contributed by atoms with Crippen LogP contribution in [0.15, 0.2) is 33.7 Å². The molecule has 0 unspecified atom stereocenters. The molecular formula is C10H6F2S2. The van der Waals surface area contributed by atoms with Crippen molar-refractivity contribution in [2.75, 3.05) is 0 Å². The zero-order chi connectivity index (χ0) is 9.97. The van der Waals surface area contributed by atoms with E-state index in [0.29, 0.717) is 11.1 Å². The van der Waals surface area contributed by atoms with E-state index < -0.39 is 11.7 Å². The van der Waals surface area contributed by atoms with E-state index in [-0.39, 0.29) is 0 Å². The number of thiophene rings is 2. The molecule has 2 aromatic heterocycles. The fraction of sp³-hybridized carbons (Fsp3) is 0. The standard InChI is InChI=1S/C10H6F2S2/c11-9(7-1-3-13-5-7)10(12)8-2-4-14-6-8/h1-6H/b10-9-. The average Bonchev–Trinajstić information content (AvgIpc) is 2.87. The molecule has 0 spiro atoms. The van der Waals surface area contributed by atoms with Crippen molar-refractivity contribution in [3.63, 3.8) is 0 Å². The van der Waals surface area contributed by atoms with E-state index >= 15 is 0 Å². The van der Waals surface area contributed by atoms with Gasteiger partial charge in [0.2, 0.25) is 0 Å². The molecule has 0 N–H and O–H groups in total. The van der Waals surface area contributed by atoms with Crippen molar-refractivity contribution >= 4 is 34.3 Å². The topological polar surface area (TPSA) is 0 Å². The predicted molar refractivity (Wildman–Crippen MR) is 57.7 cm³/mol. The zero-order valence-corrected chi connectivity index (χ0v) is 8.67. The second kappa shape index (κ2) is 4.02. The summed E-state index contributed by atoms with van der Waals surface area (Å²) < 4.78 is 26.9. The van der Waals surface area contributed by atoms with Gasteiger partial charge < -0.3 is 0 Å². The molecule has 2 rings (SSSR count). The van der Waals surface area contributed by atoms with Crippen LogP contribution in [0, 0.1) is 0 Å². The van der Waals surface area contributed by atoms with Crippen LogP contribution in [0.2, 0.25) is 0 Å². The highest BCUT2D eigenvalue weighted by molar-refractivity contribution is 7.08. The maximum atomic E-state index is 13.4. The maximum absolute atomic E-state index is 13.4. The van der Waals surface area contributed by atoms with Gasteiger partial charge in [-0.1, -0.05) is 0 Å². The third kappa shape index (κ3) is 1.76. The molecule has 0 aliphatic rings. The zero-order valence-electron chi connectivity index (χ0n) is 7.04. The highest BCUT2D eigenvalue weighted by Gasteiger charge is 2.11. The van der Waals surface area contributed by atoms with Crippen LogP contribution >= 0.6 is 22.7 Å². The van der Waals surface area contributed by atoms with E-state index in [1.807, 2.05) is 0 Å². The van der Waals surface area contributed by atoms with Crippen LogP contribution in [0.1, 0.15) is 11.1 Å². The molecule has 0 fully saturated rings. The van der Waals surface area contributed by atoms with Gasteiger partial charge in [0.1, 0.15) is 0 Å². The highest BCUT2D eigenvalue weighted by atomic mass is 32.1. The molecule has 0 aliphatic heterocycles. The summed E-state index contributed by atoms with van der Waals surface area (Å²) in [5, 5.41) is 6.61. The number of halogens is 2. The van der Waals surface area contributed by atoms with Gasteiger partial charge in [0.05, 0.1) is 0 Å². The minimum atomic E-state index is -0.787. The Morgan fingerprint density at radius 3 is 1.57 bits per heavy atom. The van der Waals surface area contributed by atoms with Gasteiger partial charge in [-0.2, -0.15) is 22.7 Å². The Balaban J connectivity index is 2.41. The molecule has 0 atom stereocenters. The van der Waals surface area contributed by atoms with Gasteiger partial charge in [0.25, 0.3) is 0 Å². The Bertz CT molecular complexity index is 384. The Kier molecular flexibility index (Phi) is 2.74. The molecular weight excluding hydrogens is 222 g/mol. The molecule has 0 nitrogen and oxygen atoms in total. The van der Waals surface area contributed by atoms with Crippen LogP contribution in [-0.2, 0) is 0 Å². The van der Waals surface area contributed by atoms with E-state index in [2.05, 4.69) is 0 Å². The second-order valence-electron chi connectivity index (χ2n) is 2.65. The van der Waals surface area contributed by atoms with Crippen molar-refractivity contribution in [2.24, 2.45) is 0 Å². The minimum absolute atomic E-state index is 0.304. The molecule has 72 valence electrons. The van der Waals surface area contributed by atoms with Crippen LogP contribution in [0.5, 0.6) is 0 Å². The van der Waals surface area contributed by atoms with Crippen molar-refractivity contribution in [1.29, 1.82) is 0 Å². The summed E-state index contributed by atoms with van der Waals surface area (Å²) >= 11 is 2.69. The van der Waals surface area contributed by atoms with E-state index in [1.54, 1.807) is 33.7 Å². The molecule has 2 aromatic rings. The van der Waals surface area contributed by atoms with Crippen LogP contribution < -0.4 is 0 Å². The molecule has 0 amide bonds. The van der Waals surface area contributed by atoms with E-state index in [4.69, 9.17) is 0 Å². The molecule has 14 heavy (non-hydrogen) atoms. The van der Waals surface area contributed by atoms with Crippen molar-refractivity contribution in [1.82, 2.24) is 0 Å². The molecule has 0 saturated heterocycles. The van der Waals surface area contributed by atoms with Crippen molar-refractivity contribution in [2.45, 2.75) is 0 Å². The first-order valence-electron chi connectivity index (χ1n) is 3.89. The van der Waals surface area contributed by atoms with E-state index in [0.717, 1.165) is 0 Å². The lowest BCUT2D eigenvalue weighted by Crippen LogP contribution is -1.78. The van der Waals surface area contributed by atoms with Gasteiger partial charge in [-0.15, -0.1) is 0 Å². The normalized spacial score (nSPS) is 12.7. The molecule has 0 saturated carbocycles. The lowest BCUT2D eigenvalue weighted by atomic mass is 10.2. The van der Waals surface area contributed by atoms with Crippen molar-refractivity contribution < 1.29 is 8.78 Å². The predicted octanol–water partition coefficient (Wildman–Crippen LogP) is 4.57. The SMILES string of the molecule is F/C(=C(\F)c1ccsc1)c1ccsc1. The Morgan fingerprint density at radius 2 is 1.29 bits per heavy atom. The largest absolute Gasteiger partial charge is 0.203 e. The summed E-state index contributed by atoms with van der Waals surface area (Å²) in [5.74, 6) is -1.57. The summed E-state index contributed by atoms with van der Waals surface area (Å²) in [6.45, 7) is 0.